The normalized spacial score (nSPS) is 11.6. The molecule has 0 unspecified atom stereocenters. The van der Waals surface area contributed by atoms with E-state index in [1.54, 1.807) is 0 Å². The summed E-state index contributed by atoms with van der Waals surface area (Å²) in [6, 6.07) is 8.72. The van der Waals surface area contributed by atoms with E-state index in [1.807, 2.05) is 22.7 Å². The Hall–Kier alpha value is -0.680. The van der Waals surface area contributed by atoms with E-state index in [0.717, 1.165) is 26.2 Å². The Bertz CT molecular complexity index is 384. The second-order valence-corrected chi connectivity index (χ2v) is 6.74. The summed E-state index contributed by atoms with van der Waals surface area (Å²) in [5.74, 6) is 0. The van der Waals surface area contributed by atoms with Gasteiger partial charge in [0.2, 0.25) is 0 Å². The third-order valence-electron chi connectivity index (χ3n) is 2.78. The van der Waals surface area contributed by atoms with E-state index in [2.05, 4.69) is 58.9 Å². The summed E-state index contributed by atoms with van der Waals surface area (Å²) in [6.07, 6.45) is 0. The van der Waals surface area contributed by atoms with Crippen molar-refractivity contribution < 1.29 is 0 Å². The predicted octanol–water partition coefficient (Wildman–Crippen LogP) is 3.37. The van der Waals surface area contributed by atoms with E-state index in [9.17, 15) is 0 Å². The number of rotatable bonds is 7. The lowest BCUT2D eigenvalue weighted by atomic mass is 10.3. The van der Waals surface area contributed by atoms with Crippen LogP contribution in [0.4, 0.5) is 0 Å². The van der Waals surface area contributed by atoms with Crippen LogP contribution in [0.3, 0.4) is 0 Å². The molecular weight excluding hydrogens is 260 g/mol. The standard InChI is InChI=1S/C14H20N2S2/c1-15(2)7-8-16(11-13-5-3-9-17-13)12-14-6-4-10-18-14/h3-6,9-10H,7-8,11-12H2,1-2H3. The summed E-state index contributed by atoms with van der Waals surface area (Å²) >= 11 is 3.69. The van der Waals surface area contributed by atoms with Crippen molar-refractivity contribution in [2.45, 2.75) is 13.1 Å². The average Bonchev–Trinajstić information content (AvgIpc) is 2.98. The van der Waals surface area contributed by atoms with Crippen LogP contribution in [0.5, 0.6) is 0 Å². The number of hydrogen-bond donors (Lipinski definition) is 0. The molecule has 0 aliphatic rings. The molecule has 0 aromatic carbocycles. The van der Waals surface area contributed by atoms with Crippen molar-refractivity contribution in [3.8, 4) is 0 Å². The lowest BCUT2D eigenvalue weighted by Gasteiger charge is -2.23. The molecule has 0 radical (unpaired) electrons. The quantitative estimate of drug-likeness (QED) is 0.767. The van der Waals surface area contributed by atoms with Gasteiger partial charge in [0.15, 0.2) is 0 Å². The summed E-state index contributed by atoms with van der Waals surface area (Å²) in [4.78, 5) is 7.67. The Kier molecular flexibility index (Phi) is 5.38. The molecule has 18 heavy (non-hydrogen) atoms. The first-order valence-corrected chi connectivity index (χ1v) is 7.92. The Morgan fingerprint density at radius 1 is 0.889 bits per heavy atom. The van der Waals surface area contributed by atoms with Crippen LogP contribution in [-0.4, -0.2) is 37.0 Å². The highest BCUT2D eigenvalue weighted by Crippen LogP contribution is 2.16. The van der Waals surface area contributed by atoms with Gasteiger partial charge in [-0.05, 0) is 37.0 Å². The minimum absolute atomic E-state index is 1.06. The molecule has 2 heterocycles. The SMILES string of the molecule is CN(C)CCN(Cc1cccs1)Cc1cccs1. The second kappa shape index (κ2) is 7.04. The molecule has 0 aliphatic heterocycles. The zero-order valence-electron chi connectivity index (χ0n) is 11.0. The second-order valence-electron chi connectivity index (χ2n) is 4.67. The largest absolute Gasteiger partial charge is 0.308 e. The van der Waals surface area contributed by atoms with Crippen LogP contribution in [-0.2, 0) is 13.1 Å². The van der Waals surface area contributed by atoms with E-state index in [-0.39, 0.29) is 0 Å². The van der Waals surface area contributed by atoms with Crippen molar-refractivity contribution in [2.75, 3.05) is 27.2 Å². The van der Waals surface area contributed by atoms with E-state index in [0.29, 0.717) is 0 Å². The topological polar surface area (TPSA) is 6.48 Å². The number of hydrogen-bond acceptors (Lipinski definition) is 4. The molecule has 0 saturated carbocycles. The fourth-order valence-corrected chi connectivity index (χ4v) is 3.29. The maximum absolute atomic E-state index is 2.53. The highest BCUT2D eigenvalue weighted by atomic mass is 32.1. The third-order valence-corrected chi connectivity index (χ3v) is 4.50. The number of nitrogens with zero attached hydrogens (tertiary/aromatic N) is 2. The van der Waals surface area contributed by atoms with Gasteiger partial charge in [-0.3, -0.25) is 4.90 Å². The van der Waals surface area contributed by atoms with Gasteiger partial charge >= 0.3 is 0 Å². The van der Waals surface area contributed by atoms with Crippen LogP contribution >= 0.6 is 22.7 Å². The van der Waals surface area contributed by atoms with Crippen LogP contribution in [0.15, 0.2) is 35.0 Å². The van der Waals surface area contributed by atoms with Gasteiger partial charge in [0.25, 0.3) is 0 Å². The minimum Gasteiger partial charge on any atom is -0.308 e. The first kappa shape index (κ1) is 13.7. The molecule has 98 valence electrons. The van der Waals surface area contributed by atoms with Crippen LogP contribution in [0.2, 0.25) is 0 Å². The summed E-state index contributed by atoms with van der Waals surface area (Å²) in [6.45, 7) is 4.34. The van der Waals surface area contributed by atoms with Gasteiger partial charge in [-0.25, -0.2) is 0 Å². The van der Waals surface area contributed by atoms with Crippen LogP contribution in [0, 0.1) is 0 Å². The first-order chi connectivity index (χ1) is 8.74. The molecule has 0 saturated heterocycles. The lowest BCUT2D eigenvalue weighted by molar-refractivity contribution is 0.229. The zero-order valence-corrected chi connectivity index (χ0v) is 12.6. The Morgan fingerprint density at radius 3 is 1.83 bits per heavy atom. The molecule has 0 bridgehead atoms. The highest BCUT2D eigenvalue weighted by molar-refractivity contribution is 7.10. The van der Waals surface area contributed by atoms with Crippen LogP contribution in [0.25, 0.3) is 0 Å². The van der Waals surface area contributed by atoms with Gasteiger partial charge < -0.3 is 4.90 Å². The molecule has 0 atom stereocenters. The number of thiophene rings is 2. The van der Waals surface area contributed by atoms with Crippen molar-refractivity contribution >= 4 is 22.7 Å². The summed E-state index contributed by atoms with van der Waals surface area (Å²) < 4.78 is 0. The molecule has 0 N–H and O–H groups in total. The first-order valence-electron chi connectivity index (χ1n) is 6.16. The molecular formula is C14H20N2S2. The van der Waals surface area contributed by atoms with Crippen molar-refractivity contribution in [3.05, 3.63) is 44.8 Å². The maximum Gasteiger partial charge on any atom is 0.0332 e. The van der Waals surface area contributed by atoms with Crippen LogP contribution in [0.1, 0.15) is 9.75 Å². The van der Waals surface area contributed by atoms with E-state index in [1.165, 1.54) is 9.75 Å². The van der Waals surface area contributed by atoms with Crippen molar-refractivity contribution in [3.63, 3.8) is 0 Å². The van der Waals surface area contributed by atoms with Gasteiger partial charge in [-0.2, -0.15) is 0 Å². The molecule has 2 aromatic rings. The molecule has 2 nitrogen and oxygen atoms in total. The van der Waals surface area contributed by atoms with E-state index < -0.39 is 0 Å². The molecule has 4 heteroatoms. The summed E-state index contributed by atoms with van der Waals surface area (Å²) in [7, 11) is 4.27. The smallest absolute Gasteiger partial charge is 0.0332 e. The molecule has 0 aliphatic carbocycles. The van der Waals surface area contributed by atoms with Gasteiger partial charge in [0, 0.05) is 35.9 Å². The Labute approximate surface area is 117 Å². The maximum atomic E-state index is 2.53. The highest BCUT2D eigenvalue weighted by Gasteiger charge is 2.08. The summed E-state index contributed by atoms with van der Waals surface area (Å²) in [5, 5.41) is 4.31. The molecule has 2 rings (SSSR count). The van der Waals surface area contributed by atoms with E-state index >= 15 is 0 Å². The summed E-state index contributed by atoms with van der Waals surface area (Å²) in [5.41, 5.74) is 0. The zero-order chi connectivity index (χ0) is 12.8. The number of likely N-dealkylation sites (N-methyl/N-ethyl adjacent to an activating group) is 1. The molecule has 0 spiro atoms. The van der Waals surface area contributed by atoms with E-state index in [4.69, 9.17) is 0 Å². The fourth-order valence-electron chi connectivity index (χ4n) is 1.80. The molecule has 0 fully saturated rings. The molecule has 0 amide bonds. The lowest BCUT2D eigenvalue weighted by Crippen LogP contribution is -2.30. The Morgan fingerprint density at radius 2 is 1.44 bits per heavy atom. The van der Waals surface area contributed by atoms with Gasteiger partial charge in [-0.1, -0.05) is 12.1 Å². The van der Waals surface area contributed by atoms with Crippen molar-refractivity contribution in [2.24, 2.45) is 0 Å². The fraction of sp³-hybridized carbons (Fsp3) is 0.429. The van der Waals surface area contributed by atoms with Gasteiger partial charge in [0.1, 0.15) is 0 Å². The van der Waals surface area contributed by atoms with Crippen LogP contribution < -0.4 is 0 Å². The van der Waals surface area contributed by atoms with Gasteiger partial charge in [-0.15, -0.1) is 22.7 Å². The monoisotopic (exact) mass is 280 g/mol. The van der Waals surface area contributed by atoms with Crippen molar-refractivity contribution in [1.82, 2.24) is 9.80 Å². The average molecular weight is 280 g/mol. The molecule has 2 aromatic heterocycles. The third kappa shape index (κ3) is 4.53. The predicted molar refractivity (Wildman–Crippen MR) is 81.3 cm³/mol. The van der Waals surface area contributed by atoms with Gasteiger partial charge in [0.05, 0.1) is 0 Å². The van der Waals surface area contributed by atoms with Crippen molar-refractivity contribution in [1.29, 1.82) is 0 Å². The Balaban J connectivity index is 1.93. The minimum atomic E-state index is 1.06.